The van der Waals surface area contributed by atoms with Crippen LogP contribution in [0.15, 0.2) is 42.6 Å². The summed E-state index contributed by atoms with van der Waals surface area (Å²) in [6, 6.07) is 9.86. The summed E-state index contributed by atoms with van der Waals surface area (Å²) in [6.07, 6.45) is 1.56. The minimum Gasteiger partial charge on any atom is -0.465 e. The van der Waals surface area contributed by atoms with E-state index in [9.17, 15) is 9.59 Å². The van der Waals surface area contributed by atoms with E-state index >= 15 is 0 Å². The standard InChI is InChI=1S/C17H19N3O4/c1-23-10-9-18-14-7-8-19-15(11-14)16(21)20-13-5-3-12(4-6-13)17(22)24-2/h3-8,11H,9-10H2,1-2H3,(H,18,19)(H,20,21). The van der Waals surface area contributed by atoms with Crippen molar-refractivity contribution in [2.24, 2.45) is 0 Å². The second-order valence-corrected chi connectivity index (χ2v) is 4.87. The van der Waals surface area contributed by atoms with Crippen molar-refractivity contribution < 1.29 is 19.1 Å². The molecule has 0 fully saturated rings. The quantitative estimate of drug-likeness (QED) is 0.598. The van der Waals surface area contributed by atoms with E-state index in [1.54, 1.807) is 49.7 Å². The Kier molecular flexibility index (Phi) is 6.27. The predicted molar refractivity (Wildman–Crippen MR) is 90.3 cm³/mol. The molecule has 0 spiro atoms. The number of hydrogen-bond donors (Lipinski definition) is 2. The number of rotatable bonds is 7. The Morgan fingerprint density at radius 1 is 1.08 bits per heavy atom. The smallest absolute Gasteiger partial charge is 0.337 e. The second kappa shape index (κ2) is 8.64. The fourth-order valence-corrected chi connectivity index (χ4v) is 1.96. The van der Waals surface area contributed by atoms with Gasteiger partial charge >= 0.3 is 5.97 Å². The molecule has 7 nitrogen and oxygen atoms in total. The van der Waals surface area contributed by atoms with E-state index in [0.29, 0.717) is 24.4 Å². The highest BCUT2D eigenvalue weighted by atomic mass is 16.5. The Labute approximate surface area is 140 Å². The molecule has 1 aromatic carbocycles. The van der Waals surface area contributed by atoms with Crippen LogP contribution in [0.25, 0.3) is 0 Å². The average Bonchev–Trinajstić information content (AvgIpc) is 2.62. The van der Waals surface area contributed by atoms with Crippen LogP contribution >= 0.6 is 0 Å². The minimum absolute atomic E-state index is 0.287. The van der Waals surface area contributed by atoms with Crippen LogP contribution in [0.1, 0.15) is 20.8 Å². The van der Waals surface area contributed by atoms with Crippen molar-refractivity contribution in [3.8, 4) is 0 Å². The predicted octanol–water partition coefficient (Wildman–Crippen LogP) is 2.18. The monoisotopic (exact) mass is 329 g/mol. The summed E-state index contributed by atoms with van der Waals surface area (Å²) in [5.41, 5.74) is 2.05. The summed E-state index contributed by atoms with van der Waals surface area (Å²) in [5, 5.41) is 5.87. The van der Waals surface area contributed by atoms with Crippen LogP contribution in [0.2, 0.25) is 0 Å². The Hall–Kier alpha value is -2.93. The molecule has 0 aliphatic rings. The molecule has 7 heteroatoms. The molecule has 126 valence electrons. The molecule has 1 heterocycles. The van der Waals surface area contributed by atoms with Gasteiger partial charge in [-0.15, -0.1) is 0 Å². The van der Waals surface area contributed by atoms with Gasteiger partial charge in [0.25, 0.3) is 5.91 Å². The highest BCUT2D eigenvalue weighted by molar-refractivity contribution is 6.03. The molecule has 0 aliphatic carbocycles. The number of hydrogen-bond acceptors (Lipinski definition) is 6. The van der Waals surface area contributed by atoms with E-state index in [2.05, 4.69) is 20.4 Å². The number of carbonyl (C=O) groups is 2. The minimum atomic E-state index is -0.427. The lowest BCUT2D eigenvalue weighted by atomic mass is 10.2. The molecule has 0 saturated heterocycles. The van der Waals surface area contributed by atoms with Gasteiger partial charge in [0, 0.05) is 31.2 Å². The van der Waals surface area contributed by atoms with Gasteiger partial charge in [-0.25, -0.2) is 4.79 Å². The van der Waals surface area contributed by atoms with Crippen LogP contribution in [0.4, 0.5) is 11.4 Å². The molecule has 0 atom stereocenters. The Morgan fingerprint density at radius 2 is 1.83 bits per heavy atom. The van der Waals surface area contributed by atoms with Crippen molar-refractivity contribution in [3.05, 3.63) is 53.9 Å². The number of esters is 1. The van der Waals surface area contributed by atoms with Crippen molar-refractivity contribution in [2.75, 3.05) is 38.0 Å². The lowest BCUT2D eigenvalue weighted by molar-refractivity contribution is 0.0600. The number of methoxy groups -OCH3 is 2. The normalized spacial score (nSPS) is 10.1. The maximum atomic E-state index is 12.3. The van der Waals surface area contributed by atoms with Gasteiger partial charge < -0.3 is 20.1 Å². The molecule has 0 unspecified atom stereocenters. The van der Waals surface area contributed by atoms with E-state index in [-0.39, 0.29) is 11.6 Å². The van der Waals surface area contributed by atoms with Crippen LogP contribution in [0.5, 0.6) is 0 Å². The number of aromatic nitrogens is 1. The van der Waals surface area contributed by atoms with Gasteiger partial charge in [0.15, 0.2) is 0 Å². The fraction of sp³-hybridized carbons (Fsp3) is 0.235. The Bertz CT molecular complexity index is 701. The van der Waals surface area contributed by atoms with Crippen molar-refractivity contribution in [2.45, 2.75) is 0 Å². The van der Waals surface area contributed by atoms with E-state index < -0.39 is 5.97 Å². The molecule has 1 aromatic heterocycles. The number of ether oxygens (including phenoxy) is 2. The number of pyridine rings is 1. The second-order valence-electron chi connectivity index (χ2n) is 4.87. The van der Waals surface area contributed by atoms with E-state index in [4.69, 9.17) is 4.74 Å². The van der Waals surface area contributed by atoms with E-state index in [1.807, 2.05) is 0 Å². The van der Waals surface area contributed by atoms with Gasteiger partial charge in [0.1, 0.15) is 5.69 Å². The van der Waals surface area contributed by atoms with Crippen molar-refractivity contribution in [3.63, 3.8) is 0 Å². The van der Waals surface area contributed by atoms with E-state index in [1.165, 1.54) is 7.11 Å². The maximum absolute atomic E-state index is 12.3. The first-order valence-corrected chi connectivity index (χ1v) is 7.32. The third kappa shape index (κ3) is 4.79. The first-order chi connectivity index (χ1) is 11.6. The molecule has 24 heavy (non-hydrogen) atoms. The van der Waals surface area contributed by atoms with Crippen molar-refractivity contribution in [1.82, 2.24) is 4.98 Å². The summed E-state index contributed by atoms with van der Waals surface area (Å²) in [6.45, 7) is 1.20. The summed E-state index contributed by atoms with van der Waals surface area (Å²) >= 11 is 0. The molecule has 0 radical (unpaired) electrons. The van der Waals surface area contributed by atoms with Gasteiger partial charge in [0.05, 0.1) is 19.3 Å². The number of benzene rings is 1. The highest BCUT2D eigenvalue weighted by Gasteiger charge is 2.10. The van der Waals surface area contributed by atoms with Crippen LogP contribution in [-0.4, -0.2) is 44.2 Å². The third-order valence-electron chi connectivity index (χ3n) is 3.19. The lowest BCUT2D eigenvalue weighted by Crippen LogP contribution is -2.15. The molecule has 2 aromatic rings. The summed E-state index contributed by atoms with van der Waals surface area (Å²) < 4.78 is 9.59. The molecule has 0 aliphatic heterocycles. The third-order valence-corrected chi connectivity index (χ3v) is 3.19. The van der Waals surface area contributed by atoms with Gasteiger partial charge in [-0.3, -0.25) is 9.78 Å². The number of amides is 1. The first kappa shape index (κ1) is 17.4. The number of carbonyl (C=O) groups excluding carboxylic acids is 2. The molecule has 2 rings (SSSR count). The molecule has 2 N–H and O–H groups in total. The molecular formula is C17H19N3O4. The van der Waals surface area contributed by atoms with Crippen molar-refractivity contribution in [1.29, 1.82) is 0 Å². The molecule has 0 bridgehead atoms. The zero-order chi connectivity index (χ0) is 17.4. The average molecular weight is 329 g/mol. The molecule has 0 saturated carbocycles. The van der Waals surface area contributed by atoms with Gasteiger partial charge in [-0.05, 0) is 36.4 Å². The van der Waals surface area contributed by atoms with E-state index in [0.717, 1.165) is 5.69 Å². The zero-order valence-corrected chi connectivity index (χ0v) is 13.5. The largest absolute Gasteiger partial charge is 0.465 e. The maximum Gasteiger partial charge on any atom is 0.337 e. The van der Waals surface area contributed by atoms with Crippen LogP contribution < -0.4 is 10.6 Å². The summed E-state index contributed by atoms with van der Waals surface area (Å²) in [4.78, 5) is 27.7. The van der Waals surface area contributed by atoms with Crippen LogP contribution in [-0.2, 0) is 9.47 Å². The summed E-state index contributed by atoms with van der Waals surface area (Å²) in [5.74, 6) is -0.763. The van der Waals surface area contributed by atoms with Gasteiger partial charge in [0.2, 0.25) is 0 Å². The van der Waals surface area contributed by atoms with Crippen LogP contribution in [0, 0.1) is 0 Å². The van der Waals surface area contributed by atoms with Crippen molar-refractivity contribution >= 4 is 23.3 Å². The molecule has 1 amide bonds. The highest BCUT2D eigenvalue weighted by Crippen LogP contribution is 2.13. The van der Waals surface area contributed by atoms with Gasteiger partial charge in [-0.2, -0.15) is 0 Å². The Balaban J connectivity index is 2.01. The number of nitrogens with one attached hydrogen (secondary N) is 2. The zero-order valence-electron chi connectivity index (χ0n) is 13.5. The molecular weight excluding hydrogens is 310 g/mol. The van der Waals surface area contributed by atoms with Crippen LogP contribution in [0.3, 0.4) is 0 Å². The summed E-state index contributed by atoms with van der Waals surface area (Å²) in [7, 11) is 2.94. The van der Waals surface area contributed by atoms with Gasteiger partial charge in [-0.1, -0.05) is 0 Å². The lowest BCUT2D eigenvalue weighted by Gasteiger charge is -2.08. The number of anilines is 2. The Morgan fingerprint density at radius 3 is 2.50 bits per heavy atom. The first-order valence-electron chi connectivity index (χ1n) is 7.32. The fourth-order valence-electron chi connectivity index (χ4n) is 1.96. The SMILES string of the molecule is COCCNc1ccnc(C(=O)Nc2ccc(C(=O)OC)cc2)c1. The topological polar surface area (TPSA) is 89.5 Å². The number of nitrogens with zero attached hydrogens (tertiary/aromatic N) is 1.